The number of hydrazone groups is 1. The summed E-state index contributed by atoms with van der Waals surface area (Å²) in [6.45, 7) is 1.45. The van der Waals surface area contributed by atoms with Crippen LogP contribution in [0.2, 0.25) is 0 Å². The lowest BCUT2D eigenvalue weighted by molar-refractivity contribution is -0.122. The van der Waals surface area contributed by atoms with Crippen molar-refractivity contribution in [2.75, 3.05) is 6.54 Å². The molecular formula is C13H18N4O2. The molecule has 1 aliphatic heterocycles. The van der Waals surface area contributed by atoms with Gasteiger partial charge in [0.15, 0.2) is 0 Å². The van der Waals surface area contributed by atoms with Gasteiger partial charge in [-0.2, -0.15) is 5.10 Å². The second kappa shape index (κ2) is 5.71. The summed E-state index contributed by atoms with van der Waals surface area (Å²) in [4.78, 5) is 13.3. The van der Waals surface area contributed by atoms with Crippen LogP contribution >= 0.6 is 0 Å². The fourth-order valence-electron chi connectivity index (χ4n) is 2.45. The lowest BCUT2D eigenvalue weighted by Crippen LogP contribution is -2.39. The Morgan fingerprint density at radius 3 is 3.00 bits per heavy atom. The normalized spacial score (nSPS) is 20.1. The zero-order chi connectivity index (χ0) is 13.8. The van der Waals surface area contributed by atoms with Crippen LogP contribution in [0.5, 0.6) is 5.75 Å². The summed E-state index contributed by atoms with van der Waals surface area (Å²) < 4.78 is 0. The highest BCUT2D eigenvalue weighted by Gasteiger charge is 2.28. The van der Waals surface area contributed by atoms with Crippen LogP contribution in [-0.4, -0.2) is 34.7 Å². The van der Waals surface area contributed by atoms with Crippen LogP contribution in [0.1, 0.15) is 24.0 Å². The van der Waals surface area contributed by atoms with Crippen LogP contribution in [-0.2, 0) is 11.3 Å². The fraction of sp³-hybridized carbons (Fsp3) is 0.385. The van der Waals surface area contributed by atoms with Gasteiger partial charge in [-0.15, -0.1) is 0 Å². The van der Waals surface area contributed by atoms with Crippen LogP contribution in [0.3, 0.4) is 0 Å². The highest BCUT2D eigenvalue weighted by atomic mass is 16.3. The third-order valence-corrected chi connectivity index (χ3v) is 3.39. The van der Waals surface area contributed by atoms with E-state index < -0.39 is 0 Å². The van der Waals surface area contributed by atoms with E-state index in [0.717, 1.165) is 24.9 Å². The molecule has 1 aromatic carbocycles. The van der Waals surface area contributed by atoms with Crippen molar-refractivity contribution in [3.05, 3.63) is 29.3 Å². The summed E-state index contributed by atoms with van der Waals surface area (Å²) >= 11 is 0. The lowest BCUT2D eigenvalue weighted by Gasteiger charge is -2.21. The Morgan fingerprint density at radius 2 is 2.37 bits per heavy atom. The standard InChI is InChI=1S/C13H18N4O2/c14-13(19)11-2-1-5-17(11)8-9-3-4-10(7-16-15)12(18)6-9/h3-4,6-7,11,18H,1-2,5,8,15H2,(H2,14,19)/t11-/m0/s1. The molecular weight excluding hydrogens is 244 g/mol. The van der Waals surface area contributed by atoms with Gasteiger partial charge in [-0.3, -0.25) is 9.69 Å². The molecule has 19 heavy (non-hydrogen) atoms. The Morgan fingerprint density at radius 1 is 1.58 bits per heavy atom. The maximum Gasteiger partial charge on any atom is 0.234 e. The highest BCUT2D eigenvalue weighted by Crippen LogP contribution is 2.23. The number of amides is 1. The Kier molecular flexibility index (Phi) is 4.01. The van der Waals surface area contributed by atoms with Crippen molar-refractivity contribution in [3.8, 4) is 5.75 Å². The van der Waals surface area contributed by atoms with Crippen LogP contribution in [0, 0.1) is 0 Å². The van der Waals surface area contributed by atoms with E-state index in [1.54, 1.807) is 12.1 Å². The zero-order valence-corrected chi connectivity index (χ0v) is 10.6. The van der Waals surface area contributed by atoms with E-state index >= 15 is 0 Å². The summed E-state index contributed by atoms with van der Waals surface area (Å²) in [5.41, 5.74) is 6.87. The van der Waals surface area contributed by atoms with Gasteiger partial charge >= 0.3 is 0 Å². The van der Waals surface area contributed by atoms with E-state index in [4.69, 9.17) is 11.6 Å². The van der Waals surface area contributed by atoms with Crippen molar-refractivity contribution < 1.29 is 9.90 Å². The first-order valence-electron chi connectivity index (χ1n) is 6.20. The first-order chi connectivity index (χ1) is 9.11. The molecule has 0 saturated carbocycles. The van der Waals surface area contributed by atoms with E-state index in [9.17, 15) is 9.90 Å². The van der Waals surface area contributed by atoms with Gasteiger partial charge in [0.1, 0.15) is 5.75 Å². The number of likely N-dealkylation sites (tertiary alicyclic amines) is 1. The Hall–Kier alpha value is -2.08. The van der Waals surface area contributed by atoms with Gasteiger partial charge in [-0.05, 0) is 37.1 Å². The molecule has 102 valence electrons. The number of primary amides is 1. The van der Waals surface area contributed by atoms with E-state index in [2.05, 4.69) is 5.10 Å². The van der Waals surface area contributed by atoms with Crippen molar-refractivity contribution >= 4 is 12.1 Å². The smallest absolute Gasteiger partial charge is 0.234 e. The molecule has 0 aromatic heterocycles. The zero-order valence-electron chi connectivity index (χ0n) is 10.6. The van der Waals surface area contributed by atoms with Crippen LogP contribution in [0.15, 0.2) is 23.3 Å². The topological polar surface area (TPSA) is 105 Å². The first-order valence-corrected chi connectivity index (χ1v) is 6.20. The fourth-order valence-corrected chi connectivity index (χ4v) is 2.45. The van der Waals surface area contributed by atoms with Crippen molar-refractivity contribution in [3.63, 3.8) is 0 Å². The molecule has 0 aliphatic carbocycles. The number of carbonyl (C=O) groups is 1. The largest absolute Gasteiger partial charge is 0.507 e. The summed E-state index contributed by atoms with van der Waals surface area (Å²) in [7, 11) is 0. The van der Waals surface area contributed by atoms with E-state index in [1.807, 2.05) is 11.0 Å². The molecule has 1 saturated heterocycles. The number of benzene rings is 1. The SMILES string of the molecule is NN=Cc1ccc(CN2CCC[C@H]2C(N)=O)cc1O. The molecule has 0 bridgehead atoms. The second-order valence-corrected chi connectivity index (χ2v) is 4.70. The minimum absolute atomic E-state index is 0.126. The molecule has 5 N–H and O–H groups in total. The maximum atomic E-state index is 11.3. The first kappa shape index (κ1) is 13.4. The van der Waals surface area contributed by atoms with Gasteiger partial charge in [-0.25, -0.2) is 0 Å². The Balaban J connectivity index is 2.11. The molecule has 1 heterocycles. The van der Waals surface area contributed by atoms with Gasteiger partial charge in [0, 0.05) is 12.1 Å². The molecule has 2 rings (SSSR count). The molecule has 0 radical (unpaired) electrons. The van der Waals surface area contributed by atoms with Crippen molar-refractivity contribution in [2.45, 2.75) is 25.4 Å². The number of phenols is 1. The number of rotatable bonds is 4. The maximum absolute atomic E-state index is 11.3. The molecule has 1 aromatic rings. The molecule has 0 spiro atoms. The van der Waals surface area contributed by atoms with Gasteiger partial charge in [-0.1, -0.05) is 6.07 Å². The van der Waals surface area contributed by atoms with E-state index in [1.165, 1.54) is 6.21 Å². The minimum atomic E-state index is -0.284. The molecule has 1 aliphatic rings. The number of aromatic hydroxyl groups is 1. The summed E-state index contributed by atoms with van der Waals surface area (Å²) in [5, 5.41) is 13.2. The monoisotopic (exact) mass is 262 g/mol. The molecule has 1 amide bonds. The number of hydrogen-bond acceptors (Lipinski definition) is 5. The number of nitrogens with zero attached hydrogens (tertiary/aromatic N) is 2. The predicted octanol–water partition coefficient (Wildman–Crippen LogP) is 0.135. The number of hydrogen-bond donors (Lipinski definition) is 3. The summed E-state index contributed by atoms with van der Waals surface area (Å²) in [6, 6.07) is 5.09. The molecule has 6 nitrogen and oxygen atoms in total. The Labute approximate surface area is 111 Å². The van der Waals surface area contributed by atoms with Crippen LogP contribution < -0.4 is 11.6 Å². The lowest BCUT2D eigenvalue weighted by atomic mass is 10.1. The average Bonchev–Trinajstić information content (AvgIpc) is 2.81. The third-order valence-electron chi connectivity index (χ3n) is 3.39. The van der Waals surface area contributed by atoms with Gasteiger partial charge in [0.05, 0.1) is 12.3 Å². The Bertz CT molecular complexity index is 501. The highest BCUT2D eigenvalue weighted by molar-refractivity contribution is 5.83. The van der Waals surface area contributed by atoms with Crippen LogP contribution in [0.25, 0.3) is 0 Å². The molecule has 1 atom stereocenters. The average molecular weight is 262 g/mol. The van der Waals surface area contributed by atoms with Gasteiger partial charge in [0.25, 0.3) is 0 Å². The van der Waals surface area contributed by atoms with Crippen molar-refractivity contribution in [2.24, 2.45) is 16.7 Å². The summed E-state index contributed by atoms with van der Waals surface area (Å²) in [6.07, 6.45) is 3.16. The predicted molar refractivity (Wildman–Crippen MR) is 72.5 cm³/mol. The van der Waals surface area contributed by atoms with Crippen LogP contribution in [0.4, 0.5) is 0 Å². The van der Waals surface area contributed by atoms with E-state index in [-0.39, 0.29) is 17.7 Å². The van der Waals surface area contributed by atoms with Crippen molar-refractivity contribution in [1.82, 2.24) is 4.90 Å². The molecule has 6 heteroatoms. The molecule has 1 fully saturated rings. The third kappa shape index (κ3) is 3.03. The number of nitrogens with two attached hydrogens (primary N) is 2. The summed E-state index contributed by atoms with van der Waals surface area (Å²) in [5.74, 6) is 4.89. The van der Waals surface area contributed by atoms with Gasteiger partial charge in [0.2, 0.25) is 5.91 Å². The second-order valence-electron chi connectivity index (χ2n) is 4.70. The number of phenolic OH excluding ortho intramolecular Hbond substituents is 1. The van der Waals surface area contributed by atoms with E-state index in [0.29, 0.717) is 12.1 Å². The number of carbonyl (C=O) groups excluding carboxylic acids is 1. The quantitative estimate of drug-likeness (QED) is 0.407. The molecule has 0 unspecified atom stereocenters. The van der Waals surface area contributed by atoms with Gasteiger partial charge < -0.3 is 16.7 Å². The van der Waals surface area contributed by atoms with Crippen molar-refractivity contribution in [1.29, 1.82) is 0 Å². The minimum Gasteiger partial charge on any atom is -0.507 e.